The lowest BCUT2D eigenvalue weighted by atomic mass is 10.1. The fraction of sp³-hybridized carbons (Fsp3) is 0.350. The second-order valence-electron chi connectivity index (χ2n) is 6.13. The number of aryl methyl sites for hydroxylation is 2. The van der Waals surface area contributed by atoms with E-state index in [-0.39, 0.29) is 5.91 Å². The summed E-state index contributed by atoms with van der Waals surface area (Å²) in [5.41, 5.74) is 5.10. The SMILES string of the molecule is Cc1ccccc1CCNC(=O)CN(C)Cc1ccccc1C. The Bertz CT molecular complexity index is 652. The molecule has 2 aromatic carbocycles. The van der Waals surface area contributed by atoms with Gasteiger partial charge in [-0.05, 0) is 49.6 Å². The number of nitrogens with one attached hydrogen (secondary N) is 1. The monoisotopic (exact) mass is 310 g/mol. The van der Waals surface area contributed by atoms with Crippen molar-refractivity contribution in [1.82, 2.24) is 10.2 Å². The first-order chi connectivity index (χ1) is 11.1. The van der Waals surface area contributed by atoms with E-state index in [9.17, 15) is 4.79 Å². The molecular formula is C20H26N2O. The lowest BCUT2D eigenvalue weighted by Gasteiger charge is -2.17. The van der Waals surface area contributed by atoms with E-state index < -0.39 is 0 Å². The van der Waals surface area contributed by atoms with Gasteiger partial charge in [0.2, 0.25) is 5.91 Å². The number of nitrogens with zero attached hydrogens (tertiary/aromatic N) is 1. The minimum atomic E-state index is 0.0784. The van der Waals surface area contributed by atoms with Crippen molar-refractivity contribution in [3.8, 4) is 0 Å². The molecule has 0 aromatic heterocycles. The van der Waals surface area contributed by atoms with Crippen LogP contribution >= 0.6 is 0 Å². The summed E-state index contributed by atoms with van der Waals surface area (Å²) < 4.78 is 0. The highest BCUT2D eigenvalue weighted by molar-refractivity contribution is 5.77. The van der Waals surface area contributed by atoms with Crippen LogP contribution in [0.15, 0.2) is 48.5 Å². The molecule has 0 radical (unpaired) electrons. The van der Waals surface area contributed by atoms with Gasteiger partial charge in [-0.2, -0.15) is 0 Å². The van der Waals surface area contributed by atoms with Crippen LogP contribution in [0, 0.1) is 13.8 Å². The minimum Gasteiger partial charge on any atom is -0.355 e. The number of hydrogen-bond acceptors (Lipinski definition) is 2. The minimum absolute atomic E-state index is 0.0784. The highest BCUT2D eigenvalue weighted by atomic mass is 16.2. The summed E-state index contributed by atoms with van der Waals surface area (Å²) in [4.78, 5) is 14.1. The van der Waals surface area contributed by atoms with Crippen molar-refractivity contribution in [1.29, 1.82) is 0 Å². The number of benzene rings is 2. The summed E-state index contributed by atoms with van der Waals surface area (Å²) in [7, 11) is 1.98. The molecule has 0 unspecified atom stereocenters. The van der Waals surface area contributed by atoms with Crippen LogP contribution < -0.4 is 5.32 Å². The first-order valence-corrected chi connectivity index (χ1v) is 8.10. The van der Waals surface area contributed by atoms with Gasteiger partial charge in [-0.1, -0.05) is 48.5 Å². The van der Waals surface area contributed by atoms with Gasteiger partial charge in [0.05, 0.1) is 6.54 Å². The lowest BCUT2D eigenvalue weighted by Crippen LogP contribution is -2.36. The van der Waals surface area contributed by atoms with Gasteiger partial charge in [-0.15, -0.1) is 0 Å². The molecule has 3 nitrogen and oxygen atoms in total. The number of carbonyl (C=O) groups is 1. The second-order valence-corrected chi connectivity index (χ2v) is 6.13. The molecule has 0 bridgehead atoms. The van der Waals surface area contributed by atoms with E-state index in [4.69, 9.17) is 0 Å². The first kappa shape index (κ1) is 17.2. The summed E-state index contributed by atoms with van der Waals surface area (Å²) >= 11 is 0. The average molecular weight is 310 g/mol. The molecule has 0 saturated carbocycles. The normalized spacial score (nSPS) is 10.8. The van der Waals surface area contributed by atoms with Crippen LogP contribution in [0.3, 0.4) is 0 Å². The summed E-state index contributed by atoms with van der Waals surface area (Å²) in [5.74, 6) is 0.0784. The maximum absolute atomic E-state index is 12.1. The molecule has 2 rings (SSSR count). The zero-order valence-corrected chi connectivity index (χ0v) is 14.3. The molecule has 0 aliphatic heterocycles. The molecule has 0 aliphatic rings. The van der Waals surface area contributed by atoms with Gasteiger partial charge in [-0.25, -0.2) is 0 Å². The van der Waals surface area contributed by atoms with Gasteiger partial charge in [0, 0.05) is 13.1 Å². The molecule has 1 amide bonds. The van der Waals surface area contributed by atoms with Crippen LogP contribution in [0.4, 0.5) is 0 Å². The van der Waals surface area contributed by atoms with Gasteiger partial charge in [0.15, 0.2) is 0 Å². The Kier molecular flexibility index (Phi) is 6.36. The van der Waals surface area contributed by atoms with E-state index in [1.807, 2.05) is 36.2 Å². The molecule has 0 fully saturated rings. The molecule has 0 heterocycles. The van der Waals surface area contributed by atoms with Crippen LogP contribution in [-0.2, 0) is 17.8 Å². The quantitative estimate of drug-likeness (QED) is 0.852. The number of hydrogen-bond donors (Lipinski definition) is 1. The predicted molar refractivity (Wildman–Crippen MR) is 95.4 cm³/mol. The van der Waals surface area contributed by atoms with Crippen molar-refractivity contribution in [3.63, 3.8) is 0 Å². The maximum Gasteiger partial charge on any atom is 0.234 e. The first-order valence-electron chi connectivity index (χ1n) is 8.10. The standard InChI is InChI=1S/C20H26N2O/c1-16-8-4-6-10-18(16)12-13-21-20(23)15-22(3)14-19-11-7-5-9-17(19)2/h4-11H,12-15H2,1-3H3,(H,21,23). The smallest absolute Gasteiger partial charge is 0.234 e. The second kappa shape index (κ2) is 8.49. The van der Waals surface area contributed by atoms with Crippen LogP contribution in [-0.4, -0.2) is 30.9 Å². The number of carbonyl (C=O) groups excluding carboxylic acids is 1. The van der Waals surface area contributed by atoms with Crippen molar-refractivity contribution in [2.45, 2.75) is 26.8 Å². The summed E-state index contributed by atoms with van der Waals surface area (Å²) in [6.45, 7) is 6.10. The fourth-order valence-corrected chi connectivity index (χ4v) is 2.66. The Morgan fingerprint density at radius 3 is 2.13 bits per heavy atom. The fourth-order valence-electron chi connectivity index (χ4n) is 2.66. The Balaban J connectivity index is 1.74. The van der Waals surface area contributed by atoms with Gasteiger partial charge in [0.1, 0.15) is 0 Å². The Hall–Kier alpha value is -2.13. The number of rotatable bonds is 7. The van der Waals surface area contributed by atoms with E-state index in [2.05, 4.69) is 43.4 Å². The van der Waals surface area contributed by atoms with E-state index >= 15 is 0 Å². The number of amides is 1. The lowest BCUT2D eigenvalue weighted by molar-refractivity contribution is -0.122. The van der Waals surface area contributed by atoms with Crippen molar-refractivity contribution in [2.24, 2.45) is 0 Å². The maximum atomic E-state index is 12.1. The van der Waals surface area contributed by atoms with Crippen LogP contribution in [0.25, 0.3) is 0 Å². The van der Waals surface area contributed by atoms with Gasteiger partial charge in [-0.3, -0.25) is 9.69 Å². The molecule has 122 valence electrons. The molecule has 0 spiro atoms. The van der Waals surface area contributed by atoms with Crippen LogP contribution in [0.2, 0.25) is 0 Å². The topological polar surface area (TPSA) is 32.3 Å². The Morgan fingerprint density at radius 2 is 1.52 bits per heavy atom. The highest BCUT2D eigenvalue weighted by Crippen LogP contribution is 2.09. The average Bonchev–Trinajstić information content (AvgIpc) is 2.51. The molecular weight excluding hydrogens is 284 g/mol. The molecule has 0 saturated heterocycles. The molecule has 1 N–H and O–H groups in total. The van der Waals surface area contributed by atoms with Crippen molar-refractivity contribution in [2.75, 3.05) is 20.1 Å². The number of likely N-dealkylation sites (N-methyl/N-ethyl adjacent to an activating group) is 1. The predicted octanol–water partition coefficient (Wildman–Crippen LogP) is 3.09. The zero-order valence-electron chi connectivity index (χ0n) is 14.3. The largest absolute Gasteiger partial charge is 0.355 e. The van der Waals surface area contributed by atoms with Crippen LogP contribution in [0.1, 0.15) is 22.3 Å². The van der Waals surface area contributed by atoms with E-state index in [0.717, 1.165) is 13.0 Å². The highest BCUT2D eigenvalue weighted by Gasteiger charge is 2.08. The Labute approximate surface area is 139 Å². The molecule has 3 heteroatoms. The van der Waals surface area contributed by atoms with E-state index in [1.54, 1.807) is 0 Å². The van der Waals surface area contributed by atoms with Crippen molar-refractivity contribution >= 4 is 5.91 Å². The molecule has 0 aliphatic carbocycles. The third kappa shape index (κ3) is 5.53. The van der Waals surface area contributed by atoms with Gasteiger partial charge < -0.3 is 5.32 Å². The molecule has 2 aromatic rings. The molecule has 0 atom stereocenters. The zero-order chi connectivity index (χ0) is 16.7. The van der Waals surface area contributed by atoms with Crippen molar-refractivity contribution < 1.29 is 4.79 Å². The third-order valence-corrected chi connectivity index (χ3v) is 4.09. The Morgan fingerprint density at radius 1 is 0.957 bits per heavy atom. The van der Waals surface area contributed by atoms with Gasteiger partial charge >= 0.3 is 0 Å². The van der Waals surface area contributed by atoms with Crippen molar-refractivity contribution in [3.05, 3.63) is 70.8 Å². The van der Waals surface area contributed by atoms with Crippen LogP contribution in [0.5, 0.6) is 0 Å². The van der Waals surface area contributed by atoms with Gasteiger partial charge in [0.25, 0.3) is 0 Å². The molecule has 23 heavy (non-hydrogen) atoms. The summed E-state index contributed by atoms with van der Waals surface area (Å²) in [5, 5.41) is 3.01. The summed E-state index contributed by atoms with van der Waals surface area (Å²) in [6, 6.07) is 16.6. The van der Waals surface area contributed by atoms with E-state index in [1.165, 1.54) is 22.3 Å². The summed E-state index contributed by atoms with van der Waals surface area (Å²) in [6.07, 6.45) is 0.875. The third-order valence-electron chi connectivity index (χ3n) is 4.09. The van der Waals surface area contributed by atoms with E-state index in [0.29, 0.717) is 13.1 Å².